The third kappa shape index (κ3) is 3.39. The van der Waals surface area contributed by atoms with Crippen LogP contribution in [0.4, 0.5) is 4.39 Å². The Morgan fingerprint density at radius 2 is 1.96 bits per heavy atom. The predicted molar refractivity (Wildman–Crippen MR) is 97.4 cm³/mol. The van der Waals surface area contributed by atoms with Crippen LogP contribution in [-0.2, 0) is 17.9 Å². The Balaban J connectivity index is 1.56. The molecule has 3 nitrogen and oxygen atoms in total. The van der Waals surface area contributed by atoms with Crippen LogP contribution in [0.2, 0.25) is 0 Å². The molecule has 0 bridgehead atoms. The van der Waals surface area contributed by atoms with Crippen molar-refractivity contribution < 1.29 is 9.18 Å². The fourth-order valence-corrected chi connectivity index (χ4v) is 4.40. The van der Waals surface area contributed by atoms with Crippen LogP contribution in [0.5, 0.6) is 0 Å². The number of hydrogen-bond donors (Lipinski definition) is 1. The number of hydrogen-bond acceptors (Lipinski definition) is 3. The fraction of sp³-hybridized carbons (Fsp3) is 0.350. The summed E-state index contributed by atoms with van der Waals surface area (Å²) >= 11 is 1.72. The second-order valence-corrected chi connectivity index (χ2v) is 7.67. The molecule has 1 aromatic heterocycles. The van der Waals surface area contributed by atoms with Crippen molar-refractivity contribution in [3.05, 3.63) is 69.2 Å². The summed E-state index contributed by atoms with van der Waals surface area (Å²) in [5.41, 5.74) is 3.21. The first-order valence-corrected chi connectivity index (χ1v) is 9.63. The molecule has 2 aliphatic rings. The first kappa shape index (κ1) is 16.5. The van der Waals surface area contributed by atoms with E-state index in [0.717, 1.165) is 43.4 Å². The van der Waals surface area contributed by atoms with Crippen molar-refractivity contribution >= 4 is 17.2 Å². The van der Waals surface area contributed by atoms with Gasteiger partial charge in [0.25, 0.3) is 5.91 Å². The van der Waals surface area contributed by atoms with Crippen LogP contribution in [0.3, 0.4) is 0 Å². The average molecular weight is 356 g/mol. The molecule has 0 fully saturated rings. The predicted octanol–water partition coefficient (Wildman–Crippen LogP) is 4.22. The van der Waals surface area contributed by atoms with E-state index in [1.165, 1.54) is 22.6 Å². The smallest absolute Gasteiger partial charge is 0.251 e. The summed E-state index contributed by atoms with van der Waals surface area (Å²) in [6, 6.07) is 10.6. The molecular weight excluding hydrogens is 335 g/mol. The molecule has 25 heavy (non-hydrogen) atoms. The minimum Gasteiger partial charge on any atom is -0.315 e. The lowest BCUT2D eigenvalue weighted by atomic mass is 9.92. The molecule has 0 saturated carbocycles. The number of amides is 1. The van der Waals surface area contributed by atoms with Crippen molar-refractivity contribution in [3.63, 3.8) is 0 Å². The zero-order chi connectivity index (χ0) is 17.2. The highest BCUT2D eigenvalue weighted by atomic mass is 32.1. The Morgan fingerprint density at radius 3 is 2.72 bits per heavy atom. The Kier molecular flexibility index (Phi) is 4.68. The van der Waals surface area contributed by atoms with Gasteiger partial charge >= 0.3 is 0 Å². The van der Waals surface area contributed by atoms with Crippen molar-refractivity contribution in [2.45, 2.75) is 44.9 Å². The molecule has 130 valence electrons. The number of nitrogens with one attached hydrogen (secondary N) is 1. The highest BCUT2D eigenvalue weighted by molar-refractivity contribution is 7.09. The summed E-state index contributed by atoms with van der Waals surface area (Å²) in [6.07, 6.45) is 4.06. The van der Waals surface area contributed by atoms with Crippen molar-refractivity contribution in [1.82, 2.24) is 10.2 Å². The molecule has 1 aliphatic carbocycles. The number of carbonyl (C=O) groups excluding carboxylic acids is 1. The second-order valence-electron chi connectivity index (χ2n) is 6.63. The van der Waals surface area contributed by atoms with Gasteiger partial charge in [-0.1, -0.05) is 18.2 Å². The van der Waals surface area contributed by atoms with E-state index < -0.39 is 0 Å². The molecule has 2 aromatic rings. The third-order valence-corrected chi connectivity index (χ3v) is 5.86. The van der Waals surface area contributed by atoms with Crippen LogP contribution in [-0.4, -0.2) is 17.0 Å². The van der Waals surface area contributed by atoms with Crippen LogP contribution in [0.15, 0.2) is 52.9 Å². The number of benzene rings is 1. The maximum Gasteiger partial charge on any atom is 0.251 e. The second kappa shape index (κ2) is 7.10. The van der Waals surface area contributed by atoms with E-state index in [-0.39, 0.29) is 17.9 Å². The molecule has 2 heterocycles. The maximum absolute atomic E-state index is 13.2. The third-order valence-electron chi connectivity index (χ3n) is 4.99. The van der Waals surface area contributed by atoms with Gasteiger partial charge in [0.1, 0.15) is 12.0 Å². The Morgan fingerprint density at radius 1 is 1.16 bits per heavy atom. The molecule has 0 saturated heterocycles. The molecule has 1 atom stereocenters. The van der Waals surface area contributed by atoms with Gasteiger partial charge in [-0.3, -0.25) is 10.1 Å². The monoisotopic (exact) mass is 356 g/mol. The van der Waals surface area contributed by atoms with E-state index in [1.807, 2.05) is 11.0 Å². The van der Waals surface area contributed by atoms with Crippen molar-refractivity contribution in [2.75, 3.05) is 0 Å². The normalized spacial score (nSPS) is 20.3. The van der Waals surface area contributed by atoms with Gasteiger partial charge in [-0.15, -0.1) is 11.3 Å². The quantitative estimate of drug-likeness (QED) is 0.870. The van der Waals surface area contributed by atoms with Gasteiger partial charge < -0.3 is 4.90 Å². The summed E-state index contributed by atoms with van der Waals surface area (Å²) in [6.45, 7) is 1.26. The maximum atomic E-state index is 13.2. The van der Waals surface area contributed by atoms with Gasteiger partial charge in [-0.2, -0.15) is 0 Å². The Bertz CT molecular complexity index is 783. The van der Waals surface area contributed by atoms with E-state index in [2.05, 4.69) is 16.8 Å². The number of nitrogens with zero attached hydrogens (tertiary/aromatic N) is 1. The summed E-state index contributed by atoms with van der Waals surface area (Å²) < 4.78 is 13.2. The number of rotatable bonds is 5. The minimum absolute atomic E-state index is 0.0463. The Labute approximate surface area is 151 Å². The van der Waals surface area contributed by atoms with Gasteiger partial charge in [-0.05, 0) is 60.4 Å². The topological polar surface area (TPSA) is 32.3 Å². The molecule has 1 aliphatic heterocycles. The van der Waals surface area contributed by atoms with Crippen LogP contribution in [0, 0.1) is 5.82 Å². The minimum atomic E-state index is -0.249. The first-order chi connectivity index (χ1) is 12.2. The Hall–Kier alpha value is -1.98. The number of carbonyl (C=O) groups is 1. The molecule has 5 heteroatoms. The molecule has 1 aromatic carbocycles. The summed E-state index contributed by atoms with van der Waals surface area (Å²) in [5.74, 6) is -0.107. The molecule has 0 spiro atoms. The molecule has 1 N–H and O–H groups in total. The lowest BCUT2D eigenvalue weighted by molar-refractivity contribution is -0.128. The van der Waals surface area contributed by atoms with Crippen LogP contribution in [0.1, 0.15) is 36.1 Å². The SMILES string of the molecule is O=C1C2=C(CCCC2)[C@@H](NCc2cccs2)N1Cc1ccc(F)cc1. The van der Waals surface area contributed by atoms with Crippen molar-refractivity contribution in [1.29, 1.82) is 0 Å². The summed E-state index contributed by atoms with van der Waals surface area (Å²) in [7, 11) is 0. The lowest BCUT2D eigenvalue weighted by Crippen LogP contribution is -2.44. The molecule has 1 amide bonds. The van der Waals surface area contributed by atoms with Crippen molar-refractivity contribution in [3.8, 4) is 0 Å². The van der Waals surface area contributed by atoms with Gasteiger partial charge in [0.2, 0.25) is 0 Å². The zero-order valence-electron chi connectivity index (χ0n) is 14.0. The van der Waals surface area contributed by atoms with Crippen LogP contribution < -0.4 is 5.32 Å². The van der Waals surface area contributed by atoms with E-state index >= 15 is 0 Å². The number of thiophene rings is 1. The van der Waals surface area contributed by atoms with E-state index in [1.54, 1.807) is 23.5 Å². The number of halogens is 1. The molecular formula is C20H21FN2OS. The van der Waals surface area contributed by atoms with E-state index in [9.17, 15) is 9.18 Å². The summed E-state index contributed by atoms with van der Waals surface area (Å²) in [4.78, 5) is 16.1. The highest BCUT2D eigenvalue weighted by Gasteiger charge is 2.39. The molecule has 0 unspecified atom stereocenters. The van der Waals surface area contributed by atoms with Gasteiger partial charge in [0.05, 0.1) is 0 Å². The standard InChI is InChI=1S/C20H21FN2OS/c21-15-9-7-14(8-10-15)13-23-19(22-12-16-4-3-11-25-16)17-5-1-2-6-18(17)20(23)24/h3-4,7-11,19,22H,1-2,5-6,12-13H2/t19-/m0/s1. The van der Waals surface area contributed by atoms with Crippen LogP contribution in [0.25, 0.3) is 0 Å². The van der Waals surface area contributed by atoms with E-state index in [0.29, 0.717) is 6.54 Å². The summed E-state index contributed by atoms with van der Waals surface area (Å²) in [5, 5.41) is 5.65. The zero-order valence-corrected chi connectivity index (χ0v) is 14.8. The molecule has 0 radical (unpaired) electrons. The highest BCUT2D eigenvalue weighted by Crippen LogP contribution is 2.36. The van der Waals surface area contributed by atoms with Gasteiger partial charge in [-0.25, -0.2) is 4.39 Å². The van der Waals surface area contributed by atoms with E-state index in [4.69, 9.17) is 0 Å². The van der Waals surface area contributed by atoms with Gasteiger partial charge in [0, 0.05) is 23.5 Å². The molecule has 4 rings (SSSR count). The lowest BCUT2D eigenvalue weighted by Gasteiger charge is -2.28. The largest absolute Gasteiger partial charge is 0.315 e. The van der Waals surface area contributed by atoms with Gasteiger partial charge in [0.15, 0.2) is 0 Å². The van der Waals surface area contributed by atoms with Crippen molar-refractivity contribution in [2.24, 2.45) is 0 Å². The first-order valence-electron chi connectivity index (χ1n) is 8.75. The average Bonchev–Trinajstić information content (AvgIpc) is 3.23. The van der Waals surface area contributed by atoms with Crippen LogP contribution >= 0.6 is 11.3 Å². The fourth-order valence-electron chi connectivity index (χ4n) is 3.75.